The molecule has 98 valence electrons. The number of rotatable bonds is 4. The van der Waals surface area contributed by atoms with Crippen LogP contribution in [0.25, 0.3) is 0 Å². The first kappa shape index (κ1) is 13.5. The number of carbonyl (C=O) groups excluding carboxylic acids is 1. The summed E-state index contributed by atoms with van der Waals surface area (Å²) in [5.41, 5.74) is 6.32. The number of aromatic hydroxyl groups is 1. The standard InChI is InChI=1S/C12H14Cl2N2O2/c13-8-3-7(4-9(14)12(8)18)16-11(17)5-10(15)6-1-2-6/h3-4,6,10,18H,1-2,5,15H2,(H,16,17). The van der Waals surface area contributed by atoms with Crippen molar-refractivity contribution in [1.82, 2.24) is 0 Å². The van der Waals surface area contributed by atoms with Gasteiger partial charge in [-0.25, -0.2) is 0 Å². The van der Waals surface area contributed by atoms with E-state index in [0.717, 1.165) is 12.8 Å². The highest BCUT2D eigenvalue weighted by atomic mass is 35.5. The molecular formula is C12H14Cl2N2O2. The second-order valence-electron chi connectivity index (χ2n) is 4.54. The molecule has 0 bridgehead atoms. The Labute approximate surface area is 115 Å². The van der Waals surface area contributed by atoms with Crippen LogP contribution in [0.5, 0.6) is 5.75 Å². The molecule has 1 amide bonds. The average molecular weight is 289 g/mol. The van der Waals surface area contributed by atoms with Crippen LogP contribution in [0.4, 0.5) is 5.69 Å². The first-order valence-electron chi connectivity index (χ1n) is 5.71. The number of anilines is 1. The molecular weight excluding hydrogens is 275 g/mol. The van der Waals surface area contributed by atoms with E-state index in [9.17, 15) is 9.90 Å². The van der Waals surface area contributed by atoms with Crippen LogP contribution < -0.4 is 11.1 Å². The van der Waals surface area contributed by atoms with Crippen molar-refractivity contribution in [3.8, 4) is 5.75 Å². The minimum Gasteiger partial charge on any atom is -0.505 e. The zero-order chi connectivity index (χ0) is 13.3. The Kier molecular flexibility index (Phi) is 4.00. The van der Waals surface area contributed by atoms with Gasteiger partial charge in [0.05, 0.1) is 10.0 Å². The van der Waals surface area contributed by atoms with Gasteiger partial charge in [0.25, 0.3) is 0 Å². The van der Waals surface area contributed by atoms with Gasteiger partial charge in [-0.2, -0.15) is 0 Å². The van der Waals surface area contributed by atoms with Crippen LogP contribution in [0.3, 0.4) is 0 Å². The lowest BCUT2D eigenvalue weighted by Gasteiger charge is -2.11. The van der Waals surface area contributed by atoms with Crippen LogP contribution in [0.1, 0.15) is 19.3 Å². The quantitative estimate of drug-likeness (QED) is 0.746. The molecule has 1 aliphatic carbocycles. The Morgan fingerprint density at radius 3 is 2.50 bits per heavy atom. The summed E-state index contributed by atoms with van der Waals surface area (Å²) < 4.78 is 0. The van der Waals surface area contributed by atoms with E-state index in [1.165, 1.54) is 12.1 Å². The van der Waals surface area contributed by atoms with Gasteiger partial charge in [0, 0.05) is 18.2 Å². The van der Waals surface area contributed by atoms with Crippen LogP contribution in [-0.4, -0.2) is 17.1 Å². The average Bonchev–Trinajstić information content (AvgIpc) is 3.09. The molecule has 4 nitrogen and oxygen atoms in total. The van der Waals surface area contributed by atoms with Gasteiger partial charge in [0.2, 0.25) is 5.91 Å². The van der Waals surface area contributed by atoms with Crippen LogP contribution >= 0.6 is 23.2 Å². The fourth-order valence-electron chi connectivity index (χ4n) is 1.75. The predicted molar refractivity (Wildman–Crippen MR) is 72.1 cm³/mol. The largest absolute Gasteiger partial charge is 0.505 e. The molecule has 0 saturated heterocycles. The predicted octanol–water partition coefficient (Wildman–Crippen LogP) is 2.76. The molecule has 1 saturated carbocycles. The number of hydrogen-bond donors (Lipinski definition) is 3. The number of amides is 1. The second-order valence-corrected chi connectivity index (χ2v) is 5.36. The van der Waals surface area contributed by atoms with Gasteiger partial charge in [0.15, 0.2) is 5.75 Å². The number of hydrogen-bond acceptors (Lipinski definition) is 3. The maximum Gasteiger partial charge on any atom is 0.225 e. The second kappa shape index (κ2) is 5.34. The molecule has 0 aromatic heterocycles. The first-order valence-corrected chi connectivity index (χ1v) is 6.46. The van der Waals surface area contributed by atoms with Crippen molar-refractivity contribution in [3.63, 3.8) is 0 Å². The molecule has 1 unspecified atom stereocenters. The number of benzene rings is 1. The molecule has 2 rings (SSSR count). The molecule has 1 aliphatic rings. The molecule has 0 radical (unpaired) electrons. The van der Waals surface area contributed by atoms with Crippen molar-refractivity contribution in [2.45, 2.75) is 25.3 Å². The molecule has 6 heteroatoms. The Morgan fingerprint density at radius 1 is 1.44 bits per heavy atom. The van der Waals surface area contributed by atoms with Crippen molar-refractivity contribution in [2.24, 2.45) is 11.7 Å². The number of phenols is 1. The maximum atomic E-state index is 11.7. The number of nitrogens with two attached hydrogens (primary N) is 1. The molecule has 0 heterocycles. The molecule has 0 spiro atoms. The van der Waals surface area contributed by atoms with Crippen molar-refractivity contribution in [1.29, 1.82) is 0 Å². The minimum absolute atomic E-state index is 0.0898. The molecule has 0 aliphatic heterocycles. The van der Waals surface area contributed by atoms with Crippen molar-refractivity contribution >= 4 is 34.8 Å². The minimum atomic E-state index is -0.189. The summed E-state index contributed by atoms with van der Waals surface area (Å²) in [6.07, 6.45) is 2.48. The van der Waals surface area contributed by atoms with Crippen LogP contribution in [0.2, 0.25) is 10.0 Å². The molecule has 1 fully saturated rings. The molecule has 1 aromatic rings. The van der Waals surface area contributed by atoms with Gasteiger partial charge in [-0.15, -0.1) is 0 Å². The zero-order valence-electron chi connectivity index (χ0n) is 9.62. The van der Waals surface area contributed by atoms with E-state index in [1.807, 2.05) is 0 Å². The van der Waals surface area contributed by atoms with Crippen molar-refractivity contribution in [3.05, 3.63) is 22.2 Å². The van der Waals surface area contributed by atoms with E-state index in [4.69, 9.17) is 28.9 Å². The fourth-order valence-corrected chi connectivity index (χ4v) is 2.24. The summed E-state index contributed by atoms with van der Waals surface area (Å²) in [5, 5.41) is 12.3. The number of halogens is 2. The van der Waals surface area contributed by atoms with Crippen LogP contribution in [-0.2, 0) is 4.79 Å². The Balaban J connectivity index is 1.98. The van der Waals surface area contributed by atoms with Crippen molar-refractivity contribution < 1.29 is 9.90 Å². The molecule has 1 atom stereocenters. The fraction of sp³-hybridized carbons (Fsp3) is 0.417. The summed E-state index contributed by atoms with van der Waals surface area (Å²) in [7, 11) is 0. The lowest BCUT2D eigenvalue weighted by atomic mass is 10.1. The Hall–Kier alpha value is -0.970. The highest BCUT2D eigenvalue weighted by Crippen LogP contribution is 2.35. The third-order valence-corrected chi connectivity index (χ3v) is 3.53. The zero-order valence-corrected chi connectivity index (χ0v) is 11.1. The summed E-state index contributed by atoms with van der Waals surface area (Å²) in [4.78, 5) is 11.7. The summed E-state index contributed by atoms with van der Waals surface area (Å²) in [5.74, 6) is 0.112. The maximum absolute atomic E-state index is 11.7. The van der Waals surface area contributed by atoms with Gasteiger partial charge < -0.3 is 16.2 Å². The third-order valence-electron chi connectivity index (χ3n) is 2.95. The SMILES string of the molecule is NC(CC(=O)Nc1cc(Cl)c(O)c(Cl)c1)C1CC1. The summed E-state index contributed by atoms with van der Waals surface area (Å²) >= 11 is 11.5. The number of phenolic OH excluding ortho intramolecular Hbond substituents is 1. The Bertz CT molecular complexity index is 452. The van der Waals surface area contributed by atoms with Gasteiger partial charge in [-0.1, -0.05) is 23.2 Å². The van der Waals surface area contributed by atoms with Gasteiger partial charge >= 0.3 is 0 Å². The molecule has 18 heavy (non-hydrogen) atoms. The van der Waals surface area contributed by atoms with Gasteiger partial charge in [-0.05, 0) is 30.9 Å². The Morgan fingerprint density at radius 2 is 2.00 bits per heavy atom. The topological polar surface area (TPSA) is 75.4 Å². The molecule has 4 N–H and O–H groups in total. The highest BCUT2D eigenvalue weighted by Gasteiger charge is 2.29. The number of carbonyl (C=O) groups is 1. The van der Waals surface area contributed by atoms with E-state index in [0.29, 0.717) is 11.6 Å². The smallest absolute Gasteiger partial charge is 0.225 e. The monoisotopic (exact) mass is 288 g/mol. The third kappa shape index (κ3) is 3.28. The van der Waals surface area contributed by atoms with E-state index >= 15 is 0 Å². The van der Waals surface area contributed by atoms with E-state index < -0.39 is 0 Å². The first-order chi connectivity index (χ1) is 8.47. The van der Waals surface area contributed by atoms with Crippen LogP contribution in [0.15, 0.2) is 12.1 Å². The van der Waals surface area contributed by atoms with Gasteiger partial charge in [-0.3, -0.25) is 4.79 Å². The number of nitrogens with one attached hydrogen (secondary N) is 1. The lowest BCUT2D eigenvalue weighted by Crippen LogP contribution is -2.28. The van der Waals surface area contributed by atoms with E-state index in [-0.39, 0.29) is 34.2 Å². The van der Waals surface area contributed by atoms with E-state index in [2.05, 4.69) is 5.32 Å². The normalized spacial score (nSPS) is 16.4. The summed E-state index contributed by atoms with van der Waals surface area (Å²) in [6, 6.07) is 2.81. The van der Waals surface area contributed by atoms with Gasteiger partial charge in [0.1, 0.15) is 0 Å². The van der Waals surface area contributed by atoms with Crippen LogP contribution in [0, 0.1) is 5.92 Å². The summed E-state index contributed by atoms with van der Waals surface area (Å²) in [6.45, 7) is 0. The van der Waals surface area contributed by atoms with Crippen molar-refractivity contribution in [2.75, 3.05) is 5.32 Å². The highest BCUT2D eigenvalue weighted by molar-refractivity contribution is 6.37. The molecule has 1 aromatic carbocycles. The van der Waals surface area contributed by atoms with E-state index in [1.54, 1.807) is 0 Å². The lowest BCUT2D eigenvalue weighted by molar-refractivity contribution is -0.116.